The van der Waals surface area contributed by atoms with Crippen LogP contribution in [0.1, 0.15) is 31.1 Å². The third-order valence-electron chi connectivity index (χ3n) is 3.53. The third kappa shape index (κ3) is 3.20. The standard InChI is InChI=1S/C15H19N7/c1-3-22-18-9-14(20-22)8-17-12(2)13-4-6-15(7-5-13)21-11-16-10-19-21/h4-7,9-12,17H,3,8H2,1-2H3. The summed E-state index contributed by atoms with van der Waals surface area (Å²) in [5, 5.41) is 16.1. The van der Waals surface area contributed by atoms with E-state index in [2.05, 4.69) is 44.7 Å². The number of aromatic nitrogens is 6. The topological polar surface area (TPSA) is 73.5 Å². The molecule has 1 unspecified atom stereocenters. The van der Waals surface area contributed by atoms with Crippen LogP contribution in [0.2, 0.25) is 0 Å². The molecular weight excluding hydrogens is 278 g/mol. The van der Waals surface area contributed by atoms with Crippen LogP contribution < -0.4 is 5.32 Å². The van der Waals surface area contributed by atoms with Gasteiger partial charge in [-0.15, -0.1) is 0 Å². The molecule has 22 heavy (non-hydrogen) atoms. The van der Waals surface area contributed by atoms with Crippen LogP contribution in [-0.4, -0.2) is 29.8 Å². The molecule has 0 radical (unpaired) electrons. The van der Waals surface area contributed by atoms with E-state index in [9.17, 15) is 0 Å². The lowest BCUT2D eigenvalue weighted by Crippen LogP contribution is -2.18. The minimum Gasteiger partial charge on any atom is -0.304 e. The number of hydrogen-bond acceptors (Lipinski definition) is 5. The molecule has 1 aromatic carbocycles. The van der Waals surface area contributed by atoms with Gasteiger partial charge in [0.1, 0.15) is 12.7 Å². The van der Waals surface area contributed by atoms with Gasteiger partial charge in [0.05, 0.1) is 24.1 Å². The summed E-state index contributed by atoms with van der Waals surface area (Å²) in [6, 6.07) is 8.50. The van der Waals surface area contributed by atoms with Crippen LogP contribution >= 0.6 is 0 Å². The van der Waals surface area contributed by atoms with Gasteiger partial charge in [0.2, 0.25) is 0 Å². The Hall–Kier alpha value is -2.54. The second-order valence-corrected chi connectivity index (χ2v) is 5.06. The largest absolute Gasteiger partial charge is 0.304 e. The average Bonchev–Trinajstić information content (AvgIpc) is 3.24. The minimum absolute atomic E-state index is 0.233. The zero-order valence-electron chi connectivity index (χ0n) is 12.7. The van der Waals surface area contributed by atoms with Crippen molar-refractivity contribution in [2.45, 2.75) is 33.0 Å². The lowest BCUT2D eigenvalue weighted by Gasteiger charge is -2.13. The van der Waals surface area contributed by atoms with Gasteiger partial charge in [0, 0.05) is 12.6 Å². The Balaban J connectivity index is 1.61. The van der Waals surface area contributed by atoms with Crippen molar-refractivity contribution in [3.63, 3.8) is 0 Å². The van der Waals surface area contributed by atoms with Crippen molar-refractivity contribution in [2.75, 3.05) is 0 Å². The first-order chi connectivity index (χ1) is 10.8. The summed E-state index contributed by atoms with van der Waals surface area (Å²) in [6.45, 7) is 5.65. The summed E-state index contributed by atoms with van der Waals surface area (Å²) in [5.41, 5.74) is 3.17. The number of nitrogens with one attached hydrogen (secondary N) is 1. The fraction of sp³-hybridized carbons (Fsp3) is 0.333. The Labute approximate surface area is 129 Å². The molecule has 0 spiro atoms. The molecule has 7 nitrogen and oxygen atoms in total. The number of nitrogens with zero attached hydrogens (tertiary/aromatic N) is 6. The van der Waals surface area contributed by atoms with Gasteiger partial charge in [-0.3, -0.25) is 0 Å². The van der Waals surface area contributed by atoms with Crippen LogP contribution in [0.4, 0.5) is 0 Å². The molecule has 1 N–H and O–H groups in total. The highest BCUT2D eigenvalue weighted by molar-refractivity contribution is 5.34. The van der Waals surface area contributed by atoms with Gasteiger partial charge in [0.25, 0.3) is 0 Å². The van der Waals surface area contributed by atoms with Gasteiger partial charge in [-0.25, -0.2) is 9.67 Å². The fourth-order valence-electron chi connectivity index (χ4n) is 2.20. The number of rotatable bonds is 6. The van der Waals surface area contributed by atoms with E-state index in [1.54, 1.807) is 22.0 Å². The highest BCUT2D eigenvalue weighted by atomic mass is 15.5. The van der Waals surface area contributed by atoms with Crippen LogP contribution in [0.15, 0.2) is 43.1 Å². The second-order valence-electron chi connectivity index (χ2n) is 5.06. The predicted octanol–water partition coefficient (Wildman–Crippen LogP) is 1.73. The van der Waals surface area contributed by atoms with E-state index in [1.807, 2.05) is 19.1 Å². The molecule has 0 aliphatic heterocycles. The van der Waals surface area contributed by atoms with Crippen molar-refractivity contribution in [1.82, 2.24) is 35.1 Å². The predicted molar refractivity (Wildman–Crippen MR) is 82.3 cm³/mol. The third-order valence-corrected chi connectivity index (χ3v) is 3.53. The summed E-state index contributed by atoms with van der Waals surface area (Å²) in [7, 11) is 0. The fourth-order valence-corrected chi connectivity index (χ4v) is 2.20. The van der Waals surface area contributed by atoms with E-state index < -0.39 is 0 Å². The Kier molecular flexibility index (Phi) is 4.24. The molecule has 2 heterocycles. The van der Waals surface area contributed by atoms with E-state index in [1.165, 1.54) is 11.9 Å². The molecule has 2 aromatic heterocycles. The first-order valence-electron chi connectivity index (χ1n) is 7.33. The van der Waals surface area contributed by atoms with Crippen LogP contribution in [0.3, 0.4) is 0 Å². The molecular formula is C15H19N7. The van der Waals surface area contributed by atoms with E-state index in [-0.39, 0.29) is 6.04 Å². The van der Waals surface area contributed by atoms with Crippen molar-refractivity contribution in [1.29, 1.82) is 0 Å². The summed E-state index contributed by atoms with van der Waals surface area (Å²) < 4.78 is 1.74. The van der Waals surface area contributed by atoms with E-state index >= 15 is 0 Å². The molecule has 0 fully saturated rings. The van der Waals surface area contributed by atoms with Crippen molar-refractivity contribution < 1.29 is 0 Å². The smallest absolute Gasteiger partial charge is 0.138 e. The Morgan fingerprint density at radius 3 is 2.64 bits per heavy atom. The van der Waals surface area contributed by atoms with Gasteiger partial charge in [-0.1, -0.05) is 12.1 Å². The van der Waals surface area contributed by atoms with Crippen LogP contribution in [0.25, 0.3) is 5.69 Å². The van der Waals surface area contributed by atoms with Crippen molar-refractivity contribution in [3.05, 3.63) is 54.4 Å². The van der Waals surface area contributed by atoms with E-state index in [0.29, 0.717) is 6.54 Å². The summed E-state index contributed by atoms with van der Waals surface area (Å²) in [6.07, 6.45) is 5.02. The van der Waals surface area contributed by atoms with Crippen LogP contribution in [-0.2, 0) is 13.1 Å². The molecule has 3 aromatic rings. The Morgan fingerprint density at radius 1 is 1.18 bits per heavy atom. The monoisotopic (exact) mass is 297 g/mol. The first kappa shape index (κ1) is 14.4. The van der Waals surface area contributed by atoms with Crippen molar-refractivity contribution in [3.8, 4) is 5.69 Å². The summed E-state index contributed by atoms with van der Waals surface area (Å²) >= 11 is 0. The van der Waals surface area contributed by atoms with Gasteiger partial charge < -0.3 is 5.32 Å². The zero-order chi connectivity index (χ0) is 15.4. The first-order valence-corrected chi connectivity index (χ1v) is 7.33. The molecule has 0 saturated carbocycles. The molecule has 0 aliphatic carbocycles. The van der Waals surface area contributed by atoms with E-state index in [0.717, 1.165) is 17.9 Å². The molecule has 114 valence electrons. The number of aryl methyl sites for hydroxylation is 1. The highest BCUT2D eigenvalue weighted by Crippen LogP contribution is 2.15. The molecule has 0 aliphatic rings. The highest BCUT2D eigenvalue weighted by Gasteiger charge is 2.07. The molecule has 1 atom stereocenters. The maximum absolute atomic E-state index is 4.37. The Bertz CT molecular complexity index is 700. The minimum atomic E-state index is 0.233. The number of benzene rings is 1. The second kappa shape index (κ2) is 6.48. The maximum atomic E-state index is 4.37. The van der Waals surface area contributed by atoms with Gasteiger partial charge in [-0.2, -0.15) is 20.1 Å². The molecule has 7 heteroatoms. The van der Waals surface area contributed by atoms with Gasteiger partial charge in [0.15, 0.2) is 0 Å². The van der Waals surface area contributed by atoms with Crippen LogP contribution in [0, 0.1) is 0 Å². The normalized spacial score (nSPS) is 12.5. The number of hydrogen-bond donors (Lipinski definition) is 1. The lowest BCUT2D eigenvalue weighted by molar-refractivity contribution is 0.538. The van der Waals surface area contributed by atoms with E-state index in [4.69, 9.17) is 0 Å². The van der Waals surface area contributed by atoms with Crippen molar-refractivity contribution in [2.24, 2.45) is 0 Å². The SMILES string of the molecule is CCn1ncc(CNC(C)c2ccc(-n3cncn3)cc2)n1. The lowest BCUT2D eigenvalue weighted by atomic mass is 10.1. The quantitative estimate of drug-likeness (QED) is 0.750. The van der Waals surface area contributed by atoms with Crippen molar-refractivity contribution >= 4 is 0 Å². The molecule has 0 saturated heterocycles. The Morgan fingerprint density at radius 2 is 2.00 bits per heavy atom. The summed E-state index contributed by atoms with van der Waals surface area (Å²) in [5.74, 6) is 0. The zero-order valence-corrected chi connectivity index (χ0v) is 12.7. The molecule has 0 amide bonds. The average molecular weight is 297 g/mol. The molecule has 0 bridgehead atoms. The van der Waals surface area contributed by atoms with Gasteiger partial charge in [-0.05, 0) is 31.5 Å². The van der Waals surface area contributed by atoms with Gasteiger partial charge >= 0.3 is 0 Å². The maximum Gasteiger partial charge on any atom is 0.138 e. The molecule has 3 rings (SSSR count). The summed E-state index contributed by atoms with van der Waals surface area (Å²) in [4.78, 5) is 5.64. The van der Waals surface area contributed by atoms with Crippen LogP contribution in [0.5, 0.6) is 0 Å².